The van der Waals surface area contributed by atoms with E-state index in [1.165, 1.54) is 51.6 Å². The summed E-state index contributed by atoms with van der Waals surface area (Å²) in [4.78, 5) is 14.1. The molecular weight excluding hydrogens is 202 g/mol. The summed E-state index contributed by atoms with van der Waals surface area (Å²) in [7, 11) is 0. The van der Waals surface area contributed by atoms with Crippen LogP contribution in [0.25, 0.3) is 0 Å². The molecule has 1 amide bonds. The Kier molecular flexibility index (Phi) is 4.22. The van der Waals surface area contributed by atoms with Gasteiger partial charge in [0.1, 0.15) is 0 Å². The molecule has 2 aliphatic rings. The average molecular weight is 224 g/mol. The van der Waals surface area contributed by atoms with Crippen molar-refractivity contribution in [1.29, 1.82) is 0 Å². The molecule has 3 heteroatoms. The predicted molar refractivity (Wildman–Crippen MR) is 62.7 cm³/mol. The smallest absolute Gasteiger partial charge is 0.255 e. The van der Waals surface area contributed by atoms with E-state index in [0.29, 0.717) is 18.7 Å². The fourth-order valence-electron chi connectivity index (χ4n) is 2.59. The normalized spacial score (nSPS) is 22.1. The van der Waals surface area contributed by atoms with Crippen molar-refractivity contribution in [3.63, 3.8) is 0 Å². The first-order valence-electron chi connectivity index (χ1n) is 6.60. The van der Waals surface area contributed by atoms with Gasteiger partial charge in [-0.15, -0.1) is 0 Å². The van der Waals surface area contributed by atoms with Crippen LogP contribution in [0.4, 0.5) is 0 Å². The van der Waals surface area contributed by atoms with E-state index >= 15 is 0 Å². The monoisotopic (exact) mass is 224 g/mol. The molecule has 0 aromatic rings. The molecule has 2 rings (SSSR count). The SMILES string of the molecule is CCO[CH]C(=O)N(C1CCCCC1)C1CC1. The summed E-state index contributed by atoms with van der Waals surface area (Å²) >= 11 is 0. The van der Waals surface area contributed by atoms with Crippen molar-refractivity contribution < 1.29 is 9.53 Å². The summed E-state index contributed by atoms with van der Waals surface area (Å²) in [6.45, 7) is 3.90. The van der Waals surface area contributed by atoms with Gasteiger partial charge >= 0.3 is 0 Å². The van der Waals surface area contributed by atoms with Gasteiger partial charge in [-0.25, -0.2) is 0 Å². The lowest BCUT2D eigenvalue weighted by Gasteiger charge is -2.34. The van der Waals surface area contributed by atoms with Crippen molar-refractivity contribution in [2.75, 3.05) is 6.61 Å². The van der Waals surface area contributed by atoms with Gasteiger partial charge in [-0.05, 0) is 32.6 Å². The molecule has 0 aromatic heterocycles. The average Bonchev–Trinajstić information content (AvgIpc) is 3.12. The number of carbonyl (C=O) groups excluding carboxylic acids is 1. The second-order valence-electron chi connectivity index (χ2n) is 4.84. The molecule has 0 unspecified atom stereocenters. The first kappa shape index (κ1) is 11.9. The van der Waals surface area contributed by atoms with Crippen LogP contribution < -0.4 is 0 Å². The predicted octanol–water partition coefficient (Wildman–Crippen LogP) is 2.51. The van der Waals surface area contributed by atoms with Crippen LogP contribution in [0, 0.1) is 6.61 Å². The van der Waals surface area contributed by atoms with Gasteiger partial charge in [0.2, 0.25) is 0 Å². The highest BCUT2D eigenvalue weighted by Gasteiger charge is 2.37. The van der Waals surface area contributed by atoms with E-state index < -0.39 is 0 Å². The van der Waals surface area contributed by atoms with Crippen LogP contribution in [0.15, 0.2) is 0 Å². The van der Waals surface area contributed by atoms with Gasteiger partial charge in [0.05, 0.1) is 0 Å². The molecule has 0 aromatic carbocycles. The van der Waals surface area contributed by atoms with Gasteiger partial charge < -0.3 is 9.64 Å². The summed E-state index contributed by atoms with van der Waals surface area (Å²) < 4.78 is 5.13. The first-order valence-corrected chi connectivity index (χ1v) is 6.60. The molecule has 1 radical (unpaired) electrons. The van der Waals surface area contributed by atoms with Gasteiger partial charge in [-0.3, -0.25) is 4.79 Å². The molecule has 0 heterocycles. The Balaban J connectivity index is 1.90. The topological polar surface area (TPSA) is 29.5 Å². The lowest BCUT2D eigenvalue weighted by molar-refractivity contribution is -0.135. The third kappa shape index (κ3) is 2.97. The first-order chi connectivity index (χ1) is 7.83. The van der Waals surface area contributed by atoms with Gasteiger partial charge in [0.25, 0.3) is 5.91 Å². The highest BCUT2D eigenvalue weighted by Crippen LogP contribution is 2.34. The fraction of sp³-hybridized carbons (Fsp3) is 0.846. The van der Waals surface area contributed by atoms with E-state index in [4.69, 9.17) is 4.74 Å². The second kappa shape index (κ2) is 5.67. The number of amides is 1. The van der Waals surface area contributed by atoms with E-state index in [1.807, 2.05) is 6.92 Å². The highest BCUT2D eigenvalue weighted by molar-refractivity contribution is 5.84. The van der Waals surface area contributed by atoms with Gasteiger partial charge in [0, 0.05) is 18.7 Å². The van der Waals surface area contributed by atoms with Crippen LogP contribution in [0.2, 0.25) is 0 Å². The largest absolute Gasteiger partial charge is 0.365 e. The number of hydrogen-bond acceptors (Lipinski definition) is 2. The highest BCUT2D eigenvalue weighted by atomic mass is 16.5. The van der Waals surface area contributed by atoms with Gasteiger partial charge in [-0.2, -0.15) is 0 Å². The zero-order chi connectivity index (χ0) is 11.4. The zero-order valence-electron chi connectivity index (χ0n) is 10.2. The van der Waals surface area contributed by atoms with Gasteiger partial charge in [0.15, 0.2) is 6.61 Å². The van der Waals surface area contributed by atoms with Crippen LogP contribution in [0.1, 0.15) is 51.9 Å². The molecule has 0 spiro atoms. The lowest BCUT2D eigenvalue weighted by atomic mass is 9.94. The van der Waals surface area contributed by atoms with Crippen molar-refractivity contribution in [3.05, 3.63) is 6.61 Å². The number of ether oxygens (including phenoxy) is 1. The zero-order valence-corrected chi connectivity index (χ0v) is 10.2. The molecule has 0 N–H and O–H groups in total. The Morgan fingerprint density at radius 2 is 1.81 bits per heavy atom. The Morgan fingerprint density at radius 3 is 2.38 bits per heavy atom. The van der Waals surface area contributed by atoms with Crippen molar-refractivity contribution in [3.8, 4) is 0 Å². The molecule has 0 saturated heterocycles. The Hall–Kier alpha value is -0.570. The molecule has 0 aliphatic heterocycles. The maximum atomic E-state index is 12.0. The van der Waals surface area contributed by atoms with E-state index in [-0.39, 0.29) is 5.91 Å². The summed E-state index contributed by atoms with van der Waals surface area (Å²) in [5, 5.41) is 0. The molecule has 0 atom stereocenters. The maximum absolute atomic E-state index is 12.0. The van der Waals surface area contributed by atoms with Crippen molar-refractivity contribution in [1.82, 2.24) is 4.90 Å². The number of hydrogen-bond donors (Lipinski definition) is 0. The van der Waals surface area contributed by atoms with Crippen LogP contribution in [-0.2, 0) is 9.53 Å². The Labute approximate surface area is 98.1 Å². The summed E-state index contributed by atoms with van der Waals surface area (Å²) in [6.07, 6.45) is 8.61. The summed E-state index contributed by atoms with van der Waals surface area (Å²) in [5.41, 5.74) is 0. The van der Waals surface area contributed by atoms with Crippen LogP contribution >= 0.6 is 0 Å². The van der Waals surface area contributed by atoms with E-state index in [9.17, 15) is 4.79 Å². The summed E-state index contributed by atoms with van der Waals surface area (Å²) in [6, 6.07) is 0.984. The van der Waals surface area contributed by atoms with E-state index in [0.717, 1.165) is 0 Å². The molecular formula is C13H22NO2. The quantitative estimate of drug-likeness (QED) is 0.718. The van der Waals surface area contributed by atoms with E-state index in [2.05, 4.69) is 4.90 Å². The van der Waals surface area contributed by atoms with Crippen molar-refractivity contribution in [2.45, 2.75) is 64.0 Å². The van der Waals surface area contributed by atoms with Crippen LogP contribution in [0.5, 0.6) is 0 Å². The van der Waals surface area contributed by atoms with Crippen LogP contribution in [-0.4, -0.2) is 29.5 Å². The van der Waals surface area contributed by atoms with E-state index in [1.54, 1.807) is 0 Å². The molecule has 0 bridgehead atoms. The minimum absolute atomic E-state index is 0.0938. The standard InChI is InChI=1S/C13H22NO2/c1-2-16-10-13(15)14(12-8-9-12)11-6-4-3-5-7-11/h10-12H,2-9H2,1H3. The number of rotatable bonds is 5. The molecule has 2 aliphatic carbocycles. The third-order valence-corrected chi connectivity index (χ3v) is 3.51. The second-order valence-corrected chi connectivity index (χ2v) is 4.84. The van der Waals surface area contributed by atoms with Crippen molar-refractivity contribution >= 4 is 5.91 Å². The Bertz CT molecular complexity index is 232. The molecule has 3 nitrogen and oxygen atoms in total. The van der Waals surface area contributed by atoms with Crippen molar-refractivity contribution in [2.24, 2.45) is 0 Å². The fourth-order valence-corrected chi connectivity index (χ4v) is 2.59. The number of carbonyl (C=O) groups is 1. The van der Waals surface area contributed by atoms with Crippen LogP contribution in [0.3, 0.4) is 0 Å². The molecule has 16 heavy (non-hydrogen) atoms. The maximum Gasteiger partial charge on any atom is 0.255 e. The molecule has 2 saturated carbocycles. The lowest BCUT2D eigenvalue weighted by Crippen LogP contribution is -2.43. The number of nitrogens with zero attached hydrogens (tertiary/aromatic N) is 1. The summed E-state index contributed by atoms with van der Waals surface area (Å²) in [5.74, 6) is 0.0938. The Morgan fingerprint density at radius 1 is 1.19 bits per heavy atom. The molecule has 91 valence electrons. The third-order valence-electron chi connectivity index (χ3n) is 3.51. The van der Waals surface area contributed by atoms with Gasteiger partial charge in [-0.1, -0.05) is 19.3 Å². The molecule has 2 fully saturated rings. The minimum Gasteiger partial charge on any atom is -0.365 e. The minimum atomic E-state index is 0.0938.